The van der Waals surface area contributed by atoms with E-state index in [1.165, 1.54) is 0 Å². The zero-order chi connectivity index (χ0) is 13.7. The number of hydrogen-bond acceptors (Lipinski definition) is 2. The minimum absolute atomic E-state index is 0.291. The minimum Gasteiger partial charge on any atom is -0.331 e. The molecule has 4 heteroatoms. The number of imidazole rings is 1. The first-order valence-electron chi connectivity index (χ1n) is 5.99. The Hall–Kier alpha value is -2.54. The summed E-state index contributed by atoms with van der Waals surface area (Å²) >= 11 is 0. The molecular weight excluding hydrogens is 238 g/mol. The van der Waals surface area contributed by atoms with Crippen molar-refractivity contribution in [3.8, 4) is 11.8 Å². The van der Waals surface area contributed by atoms with E-state index >= 15 is 0 Å². The summed E-state index contributed by atoms with van der Waals surface area (Å²) in [6, 6.07) is 7.70. The van der Waals surface area contributed by atoms with Crippen molar-refractivity contribution in [2.45, 2.75) is 20.4 Å². The quantitative estimate of drug-likeness (QED) is 0.852. The van der Waals surface area contributed by atoms with Crippen molar-refractivity contribution in [2.24, 2.45) is 0 Å². The van der Waals surface area contributed by atoms with Crippen molar-refractivity contribution < 1.29 is 4.79 Å². The van der Waals surface area contributed by atoms with Crippen LogP contribution in [0.15, 0.2) is 36.7 Å². The lowest BCUT2D eigenvalue weighted by atomic mass is 10.2. The minimum atomic E-state index is -0.291. The second-order valence-corrected chi connectivity index (χ2v) is 4.13. The van der Waals surface area contributed by atoms with Gasteiger partial charge in [-0.3, -0.25) is 4.79 Å². The van der Waals surface area contributed by atoms with Crippen LogP contribution in [0.2, 0.25) is 0 Å². The maximum absolute atomic E-state index is 11.3. The zero-order valence-electron chi connectivity index (χ0n) is 11.0. The molecule has 0 saturated heterocycles. The predicted octanol–water partition coefficient (Wildman–Crippen LogP) is 2.20. The zero-order valence-corrected chi connectivity index (χ0v) is 11.0. The van der Waals surface area contributed by atoms with Crippen LogP contribution in [0.1, 0.15) is 18.3 Å². The summed E-state index contributed by atoms with van der Waals surface area (Å²) in [5, 5.41) is 2.71. The fraction of sp³-hybridized carbons (Fsp3) is 0.200. The van der Waals surface area contributed by atoms with Crippen molar-refractivity contribution in [1.82, 2.24) is 9.55 Å². The molecule has 1 heterocycles. The molecule has 0 saturated carbocycles. The van der Waals surface area contributed by atoms with Crippen molar-refractivity contribution in [3.05, 3.63) is 48.0 Å². The molecule has 1 aromatic carbocycles. The molecule has 1 aromatic heterocycles. The lowest BCUT2D eigenvalue weighted by Gasteiger charge is -2.06. The maximum atomic E-state index is 11.3. The Morgan fingerprint density at radius 1 is 1.37 bits per heavy atom. The number of anilines is 1. The lowest BCUT2D eigenvalue weighted by Crippen LogP contribution is -2.08. The van der Waals surface area contributed by atoms with Gasteiger partial charge in [-0.2, -0.15) is 0 Å². The van der Waals surface area contributed by atoms with Crippen LogP contribution >= 0.6 is 0 Å². The molecule has 0 spiro atoms. The molecule has 0 unspecified atom stereocenters. The van der Waals surface area contributed by atoms with Crippen LogP contribution in [0.25, 0.3) is 0 Å². The monoisotopic (exact) mass is 253 g/mol. The van der Waals surface area contributed by atoms with Crippen molar-refractivity contribution in [2.75, 3.05) is 5.32 Å². The molecule has 0 aliphatic heterocycles. The average molecular weight is 253 g/mol. The van der Waals surface area contributed by atoms with E-state index in [1.807, 2.05) is 37.4 Å². The van der Waals surface area contributed by atoms with Crippen LogP contribution in [-0.4, -0.2) is 15.5 Å². The highest BCUT2D eigenvalue weighted by Gasteiger charge is 2.00. The van der Waals surface area contributed by atoms with Gasteiger partial charge in [0.2, 0.25) is 0 Å². The van der Waals surface area contributed by atoms with Gasteiger partial charge in [0, 0.05) is 24.6 Å². The van der Waals surface area contributed by atoms with Gasteiger partial charge in [-0.25, -0.2) is 4.98 Å². The number of nitrogens with zero attached hydrogens (tertiary/aromatic N) is 2. The molecule has 0 radical (unpaired) electrons. The fourth-order valence-electron chi connectivity index (χ4n) is 1.74. The van der Waals surface area contributed by atoms with Gasteiger partial charge in [0.15, 0.2) is 0 Å². The molecule has 0 aliphatic carbocycles. The van der Waals surface area contributed by atoms with E-state index in [0.717, 1.165) is 23.6 Å². The van der Waals surface area contributed by atoms with Gasteiger partial charge < -0.3 is 9.88 Å². The van der Waals surface area contributed by atoms with Crippen LogP contribution in [0.5, 0.6) is 0 Å². The Morgan fingerprint density at radius 2 is 2.11 bits per heavy atom. The number of carbonyl (C=O) groups excluding carboxylic acids is 1. The first-order valence-corrected chi connectivity index (χ1v) is 5.99. The summed E-state index contributed by atoms with van der Waals surface area (Å²) in [5.41, 5.74) is 1.90. The summed E-state index contributed by atoms with van der Waals surface area (Å²) in [6.07, 6.45) is 3.73. The highest BCUT2D eigenvalue weighted by atomic mass is 16.1. The number of hydrogen-bond donors (Lipinski definition) is 1. The van der Waals surface area contributed by atoms with E-state index < -0.39 is 0 Å². The second-order valence-electron chi connectivity index (χ2n) is 4.13. The van der Waals surface area contributed by atoms with Crippen molar-refractivity contribution >= 4 is 11.6 Å². The number of nitrogens with one attached hydrogen (secondary N) is 1. The first kappa shape index (κ1) is 12.9. The molecule has 0 bridgehead atoms. The molecule has 2 aromatic rings. The third-order valence-corrected chi connectivity index (χ3v) is 2.73. The summed E-state index contributed by atoms with van der Waals surface area (Å²) in [4.78, 5) is 15.5. The maximum Gasteiger partial charge on any atom is 0.300 e. The van der Waals surface area contributed by atoms with Crippen LogP contribution in [-0.2, 0) is 11.3 Å². The van der Waals surface area contributed by atoms with Crippen LogP contribution in [0.4, 0.5) is 5.69 Å². The third-order valence-electron chi connectivity index (χ3n) is 2.73. The Morgan fingerprint density at radius 3 is 2.68 bits per heavy atom. The van der Waals surface area contributed by atoms with Gasteiger partial charge in [-0.15, -0.1) is 0 Å². The molecule has 1 N–H and O–H groups in total. The molecule has 4 nitrogen and oxygen atoms in total. The van der Waals surface area contributed by atoms with E-state index in [0.29, 0.717) is 0 Å². The Bertz CT molecular complexity index is 629. The highest BCUT2D eigenvalue weighted by molar-refractivity contribution is 6.03. The molecule has 19 heavy (non-hydrogen) atoms. The van der Waals surface area contributed by atoms with Gasteiger partial charge in [0.05, 0.1) is 0 Å². The standard InChI is InChI=1S/C15H15N3O/c1-3-4-15(19)17-14-7-5-13(6-8-14)11-18-10-9-16-12(18)2/h5-10H,11H2,1-2H3,(H,17,19). The largest absolute Gasteiger partial charge is 0.331 e. The van der Waals surface area contributed by atoms with Crippen molar-refractivity contribution in [1.29, 1.82) is 0 Å². The van der Waals surface area contributed by atoms with E-state index in [2.05, 4.69) is 26.7 Å². The van der Waals surface area contributed by atoms with E-state index in [9.17, 15) is 4.79 Å². The average Bonchev–Trinajstić information content (AvgIpc) is 2.78. The molecule has 0 fully saturated rings. The third kappa shape index (κ3) is 3.46. The lowest BCUT2D eigenvalue weighted by molar-refractivity contribution is -0.111. The number of benzene rings is 1. The molecule has 2 rings (SSSR count). The molecular formula is C15H15N3O. The number of aryl methyl sites for hydroxylation is 1. The second kappa shape index (κ2) is 5.87. The molecule has 0 aliphatic rings. The summed E-state index contributed by atoms with van der Waals surface area (Å²) < 4.78 is 2.07. The van der Waals surface area contributed by atoms with E-state index in [4.69, 9.17) is 0 Å². The van der Waals surface area contributed by atoms with Gasteiger partial charge in [-0.05, 0) is 37.5 Å². The highest BCUT2D eigenvalue weighted by Crippen LogP contribution is 2.11. The summed E-state index contributed by atoms with van der Waals surface area (Å²) in [7, 11) is 0. The Kier molecular flexibility index (Phi) is 3.99. The van der Waals surface area contributed by atoms with Crippen LogP contribution < -0.4 is 5.32 Å². The Labute approximate surface area is 112 Å². The van der Waals surface area contributed by atoms with Gasteiger partial charge >= 0.3 is 0 Å². The van der Waals surface area contributed by atoms with Crippen molar-refractivity contribution in [3.63, 3.8) is 0 Å². The fourth-order valence-corrected chi connectivity index (χ4v) is 1.74. The molecule has 0 atom stereocenters. The van der Waals surface area contributed by atoms with Crippen LogP contribution in [0.3, 0.4) is 0 Å². The predicted molar refractivity (Wildman–Crippen MR) is 74.6 cm³/mol. The summed E-state index contributed by atoms with van der Waals surface area (Å²) in [6.45, 7) is 4.38. The Balaban J connectivity index is 2.04. The first-order chi connectivity index (χ1) is 9.19. The van der Waals surface area contributed by atoms with Gasteiger partial charge in [-0.1, -0.05) is 18.1 Å². The number of rotatable bonds is 3. The number of carbonyl (C=O) groups is 1. The van der Waals surface area contributed by atoms with Gasteiger partial charge in [0.25, 0.3) is 5.91 Å². The number of aromatic nitrogens is 2. The molecule has 96 valence electrons. The smallest absolute Gasteiger partial charge is 0.300 e. The summed E-state index contributed by atoms with van der Waals surface area (Å²) in [5.74, 6) is 5.69. The van der Waals surface area contributed by atoms with E-state index in [1.54, 1.807) is 13.1 Å². The SMILES string of the molecule is CC#CC(=O)Nc1ccc(Cn2ccnc2C)cc1. The normalized spacial score (nSPS) is 9.58. The van der Waals surface area contributed by atoms with Gasteiger partial charge in [0.1, 0.15) is 5.82 Å². The number of amides is 1. The van der Waals surface area contributed by atoms with Crippen LogP contribution in [0, 0.1) is 18.8 Å². The van der Waals surface area contributed by atoms with E-state index in [-0.39, 0.29) is 5.91 Å². The topological polar surface area (TPSA) is 46.9 Å². The molecule has 1 amide bonds.